The summed E-state index contributed by atoms with van der Waals surface area (Å²) in [5.74, 6) is -0.116. The molecule has 1 aliphatic heterocycles. The van der Waals surface area contributed by atoms with E-state index in [1.165, 1.54) is 11.3 Å². The maximum Gasteiger partial charge on any atom is 0.271 e. The van der Waals surface area contributed by atoms with Crippen LogP contribution in [0.1, 0.15) is 10.5 Å². The second-order valence-electron chi connectivity index (χ2n) is 5.38. The topological polar surface area (TPSA) is 71.8 Å². The lowest BCUT2D eigenvalue weighted by molar-refractivity contribution is 0.0919. The highest BCUT2D eigenvalue weighted by Crippen LogP contribution is 2.24. The van der Waals surface area contributed by atoms with E-state index in [0.29, 0.717) is 5.69 Å². The highest BCUT2D eigenvalue weighted by atomic mass is 32.1. The molecule has 116 valence electrons. The van der Waals surface area contributed by atoms with Crippen molar-refractivity contribution in [2.45, 2.75) is 6.04 Å². The number of nitrogens with one attached hydrogen (secondary N) is 2. The number of amides is 1. The molecule has 4 rings (SSSR count). The first-order valence-corrected chi connectivity index (χ1v) is 8.25. The lowest BCUT2D eigenvalue weighted by Crippen LogP contribution is -2.56. The van der Waals surface area contributed by atoms with Gasteiger partial charge in [-0.05, 0) is 12.1 Å². The van der Waals surface area contributed by atoms with Crippen molar-refractivity contribution in [2.24, 2.45) is 0 Å². The van der Waals surface area contributed by atoms with Crippen LogP contribution in [0.5, 0.6) is 0 Å². The summed E-state index contributed by atoms with van der Waals surface area (Å²) in [6, 6.07) is 10.1. The number of aromatic nitrogens is 3. The van der Waals surface area contributed by atoms with Gasteiger partial charge in [-0.25, -0.2) is 9.67 Å². The molecule has 6 nitrogen and oxygen atoms in total. The van der Waals surface area contributed by atoms with Crippen LogP contribution in [0.3, 0.4) is 0 Å². The number of carbonyl (C=O) groups excluding carboxylic acids is 1. The summed E-state index contributed by atoms with van der Waals surface area (Å²) in [6.07, 6.45) is 3.69. The molecule has 1 aromatic carbocycles. The highest BCUT2D eigenvalue weighted by molar-refractivity contribution is 7.13. The van der Waals surface area contributed by atoms with Gasteiger partial charge in [0.25, 0.3) is 5.91 Å². The molecule has 0 spiro atoms. The first kappa shape index (κ1) is 14.1. The van der Waals surface area contributed by atoms with E-state index in [1.54, 1.807) is 16.3 Å². The largest absolute Gasteiger partial charge is 0.345 e. The summed E-state index contributed by atoms with van der Waals surface area (Å²) in [5.41, 5.74) is 2.36. The highest BCUT2D eigenvalue weighted by Gasteiger charge is 2.21. The van der Waals surface area contributed by atoms with Crippen LogP contribution >= 0.6 is 11.3 Å². The summed E-state index contributed by atoms with van der Waals surface area (Å²) < 4.78 is 1.80. The number of hydrogen-bond acceptors (Lipinski definition) is 5. The van der Waals surface area contributed by atoms with Gasteiger partial charge in [-0.15, -0.1) is 11.3 Å². The molecule has 1 saturated heterocycles. The minimum Gasteiger partial charge on any atom is -0.345 e. The molecule has 0 radical (unpaired) electrons. The van der Waals surface area contributed by atoms with Crippen molar-refractivity contribution in [3.8, 4) is 16.3 Å². The van der Waals surface area contributed by atoms with Crippen molar-refractivity contribution in [1.29, 1.82) is 0 Å². The number of thiazole rings is 1. The SMILES string of the molecule is O=C(NC1CNC1)c1csc(-c2cnn(-c3ccccc3)c2)n1. The Morgan fingerprint density at radius 2 is 2.13 bits per heavy atom. The Morgan fingerprint density at radius 1 is 1.30 bits per heavy atom. The fourth-order valence-corrected chi connectivity index (χ4v) is 3.09. The molecule has 0 bridgehead atoms. The van der Waals surface area contributed by atoms with Gasteiger partial charge in [0.05, 0.1) is 17.9 Å². The van der Waals surface area contributed by atoms with Gasteiger partial charge in [0, 0.05) is 30.2 Å². The number of para-hydroxylation sites is 1. The Hall–Kier alpha value is -2.51. The summed E-state index contributed by atoms with van der Waals surface area (Å²) in [5, 5.41) is 13.0. The van der Waals surface area contributed by atoms with Gasteiger partial charge in [0.2, 0.25) is 0 Å². The zero-order valence-electron chi connectivity index (χ0n) is 12.3. The van der Waals surface area contributed by atoms with Crippen LogP contribution in [0.25, 0.3) is 16.3 Å². The van der Waals surface area contributed by atoms with Gasteiger partial charge >= 0.3 is 0 Å². The van der Waals surface area contributed by atoms with Crippen molar-refractivity contribution in [3.05, 3.63) is 53.8 Å². The molecular formula is C16H15N5OS. The van der Waals surface area contributed by atoms with Crippen LogP contribution < -0.4 is 10.6 Å². The zero-order valence-corrected chi connectivity index (χ0v) is 13.1. The van der Waals surface area contributed by atoms with Gasteiger partial charge in [0.1, 0.15) is 10.7 Å². The predicted octanol–water partition coefficient (Wildman–Crippen LogP) is 1.70. The minimum atomic E-state index is -0.116. The summed E-state index contributed by atoms with van der Waals surface area (Å²) in [6.45, 7) is 1.65. The zero-order chi connectivity index (χ0) is 15.6. The molecule has 1 fully saturated rings. The third kappa shape index (κ3) is 2.88. The molecule has 1 amide bonds. The van der Waals surface area contributed by atoms with Crippen molar-refractivity contribution < 1.29 is 4.79 Å². The van der Waals surface area contributed by atoms with E-state index in [9.17, 15) is 4.79 Å². The summed E-state index contributed by atoms with van der Waals surface area (Å²) in [7, 11) is 0. The molecule has 23 heavy (non-hydrogen) atoms. The van der Waals surface area contributed by atoms with Crippen LogP contribution in [0.4, 0.5) is 0 Å². The molecule has 0 unspecified atom stereocenters. The van der Waals surface area contributed by atoms with Crippen molar-refractivity contribution in [3.63, 3.8) is 0 Å². The lowest BCUT2D eigenvalue weighted by Gasteiger charge is -2.27. The first-order chi connectivity index (χ1) is 11.3. The van der Waals surface area contributed by atoms with Crippen LogP contribution in [0.15, 0.2) is 48.1 Å². The normalized spacial score (nSPS) is 14.4. The second-order valence-corrected chi connectivity index (χ2v) is 6.23. The first-order valence-electron chi connectivity index (χ1n) is 7.37. The predicted molar refractivity (Wildman–Crippen MR) is 88.8 cm³/mol. The van der Waals surface area contributed by atoms with Gasteiger partial charge < -0.3 is 10.6 Å². The summed E-state index contributed by atoms with van der Waals surface area (Å²) >= 11 is 1.45. The van der Waals surface area contributed by atoms with E-state index in [0.717, 1.165) is 29.3 Å². The Morgan fingerprint density at radius 3 is 2.87 bits per heavy atom. The maximum absolute atomic E-state index is 12.1. The Balaban J connectivity index is 1.52. The van der Waals surface area contributed by atoms with Gasteiger partial charge in [0.15, 0.2) is 0 Å². The van der Waals surface area contributed by atoms with Gasteiger partial charge in [-0.1, -0.05) is 18.2 Å². The molecule has 0 aliphatic carbocycles. The Labute approximate surface area is 137 Å². The smallest absolute Gasteiger partial charge is 0.271 e. The number of rotatable bonds is 4. The Kier molecular flexibility index (Phi) is 3.64. The van der Waals surface area contributed by atoms with E-state index >= 15 is 0 Å². The van der Waals surface area contributed by atoms with E-state index in [4.69, 9.17) is 0 Å². The van der Waals surface area contributed by atoms with Crippen LogP contribution in [0, 0.1) is 0 Å². The number of nitrogens with zero attached hydrogens (tertiary/aromatic N) is 3. The molecule has 0 saturated carbocycles. The van der Waals surface area contributed by atoms with Crippen LogP contribution in [-0.4, -0.2) is 39.8 Å². The second kappa shape index (κ2) is 5.94. The molecular weight excluding hydrogens is 310 g/mol. The standard InChI is InChI=1S/C16H15N5OS/c22-15(19-12-7-17-8-12)14-10-23-16(20-14)11-6-18-21(9-11)13-4-2-1-3-5-13/h1-6,9-10,12,17H,7-8H2,(H,19,22). The van der Waals surface area contributed by atoms with Crippen molar-refractivity contribution in [2.75, 3.05) is 13.1 Å². The van der Waals surface area contributed by atoms with E-state index in [2.05, 4.69) is 20.7 Å². The molecule has 0 atom stereocenters. The van der Waals surface area contributed by atoms with E-state index in [-0.39, 0.29) is 11.9 Å². The molecule has 7 heteroatoms. The molecule has 3 aromatic rings. The summed E-state index contributed by atoms with van der Waals surface area (Å²) in [4.78, 5) is 16.5. The molecule has 1 aliphatic rings. The Bertz CT molecular complexity index is 822. The maximum atomic E-state index is 12.1. The fourth-order valence-electron chi connectivity index (χ4n) is 2.32. The number of benzene rings is 1. The lowest BCUT2D eigenvalue weighted by atomic mass is 10.2. The van der Waals surface area contributed by atoms with Crippen LogP contribution in [-0.2, 0) is 0 Å². The number of hydrogen-bond donors (Lipinski definition) is 2. The van der Waals surface area contributed by atoms with Crippen molar-refractivity contribution in [1.82, 2.24) is 25.4 Å². The van der Waals surface area contributed by atoms with Crippen molar-refractivity contribution >= 4 is 17.2 Å². The molecule has 2 N–H and O–H groups in total. The van der Waals surface area contributed by atoms with E-state index < -0.39 is 0 Å². The third-order valence-corrected chi connectivity index (χ3v) is 4.60. The monoisotopic (exact) mass is 325 g/mol. The minimum absolute atomic E-state index is 0.116. The average Bonchev–Trinajstić information content (AvgIpc) is 3.20. The molecule has 2 aromatic heterocycles. The quantitative estimate of drug-likeness (QED) is 0.766. The van der Waals surface area contributed by atoms with E-state index in [1.807, 2.05) is 36.5 Å². The van der Waals surface area contributed by atoms with Crippen LogP contribution in [0.2, 0.25) is 0 Å². The van der Waals surface area contributed by atoms with Gasteiger partial charge in [-0.2, -0.15) is 5.10 Å². The fraction of sp³-hybridized carbons (Fsp3) is 0.188. The number of carbonyl (C=O) groups is 1. The van der Waals surface area contributed by atoms with Gasteiger partial charge in [-0.3, -0.25) is 4.79 Å². The average molecular weight is 325 g/mol. The molecule has 3 heterocycles. The third-order valence-electron chi connectivity index (χ3n) is 3.70.